The van der Waals surface area contributed by atoms with Crippen LogP contribution in [0.3, 0.4) is 0 Å². The summed E-state index contributed by atoms with van der Waals surface area (Å²) < 4.78 is 18.7. The first-order valence-electron chi connectivity index (χ1n) is 11.7. The maximum Gasteiger partial charge on any atom is 0.236 e. The SMILES string of the molecule is CCCCCCCCCC(=O)N(CC)N1CCC(c2noc3cc(F)ccc23)CC1. The number of halogens is 1. The van der Waals surface area contributed by atoms with Gasteiger partial charge < -0.3 is 4.52 Å². The van der Waals surface area contributed by atoms with Gasteiger partial charge in [0.15, 0.2) is 5.58 Å². The van der Waals surface area contributed by atoms with E-state index in [0.717, 1.165) is 49.9 Å². The molecule has 166 valence electrons. The van der Waals surface area contributed by atoms with Gasteiger partial charge in [-0.1, -0.05) is 50.6 Å². The van der Waals surface area contributed by atoms with E-state index in [2.05, 4.69) is 24.0 Å². The molecule has 30 heavy (non-hydrogen) atoms. The van der Waals surface area contributed by atoms with Gasteiger partial charge in [0.05, 0.1) is 5.69 Å². The van der Waals surface area contributed by atoms with Crippen molar-refractivity contribution in [2.24, 2.45) is 0 Å². The number of carbonyl (C=O) groups is 1. The first-order valence-corrected chi connectivity index (χ1v) is 11.7. The number of benzene rings is 1. The van der Waals surface area contributed by atoms with E-state index in [0.29, 0.717) is 18.5 Å². The van der Waals surface area contributed by atoms with Crippen molar-refractivity contribution in [3.05, 3.63) is 29.7 Å². The molecule has 0 radical (unpaired) electrons. The van der Waals surface area contributed by atoms with Crippen molar-refractivity contribution in [3.63, 3.8) is 0 Å². The number of rotatable bonds is 11. The second kappa shape index (κ2) is 11.4. The highest BCUT2D eigenvalue weighted by Crippen LogP contribution is 2.33. The topological polar surface area (TPSA) is 49.6 Å². The number of carbonyl (C=O) groups excluding carboxylic acids is 1. The molecule has 2 heterocycles. The zero-order valence-corrected chi connectivity index (χ0v) is 18.5. The zero-order chi connectivity index (χ0) is 21.3. The molecule has 3 rings (SSSR count). The first-order chi connectivity index (χ1) is 14.6. The average Bonchev–Trinajstić information content (AvgIpc) is 3.17. The highest BCUT2D eigenvalue weighted by atomic mass is 19.1. The lowest BCUT2D eigenvalue weighted by atomic mass is 9.92. The largest absolute Gasteiger partial charge is 0.356 e. The fourth-order valence-corrected chi connectivity index (χ4v) is 4.50. The molecular formula is C24H36FN3O2. The van der Waals surface area contributed by atoms with E-state index in [1.807, 2.05) is 5.01 Å². The normalized spacial score (nSPS) is 15.7. The van der Waals surface area contributed by atoms with Crippen LogP contribution in [0.15, 0.2) is 22.7 Å². The molecule has 0 N–H and O–H groups in total. The molecule has 0 bridgehead atoms. The van der Waals surface area contributed by atoms with Gasteiger partial charge in [-0.3, -0.25) is 9.80 Å². The molecule has 1 saturated heterocycles. The van der Waals surface area contributed by atoms with Crippen molar-refractivity contribution in [2.45, 2.75) is 84.0 Å². The van der Waals surface area contributed by atoms with Crippen LogP contribution in [0.2, 0.25) is 0 Å². The van der Waals surface area contributed by atoms with E-state index in [1.54, 1.807) is 6.07 Å². The molecule has 2 aromatic rings. The Morgan fingerprint density at radius 2 is 1.83 bits per heavy atom. The van der Waals surface area contributed by atoms with E-state index in [1.165, 1.54) is 44.2 Å². The Balaban J connectivity index is 1.46. The molecule has 1 fully saturated rings. The summed E-state index contributed by atoms with van der Waals surface area (Å²) in [6.45, 7) is 6.66. The summed E-state index contributed by atoms with van der Waals surface area (Å²) in [6, 6.07) is 4.61. The number of piperidine rings is 1. The van der Waals surface area contributed by atoms with Crippen LogP contribution in [-0.2, 0) is 4.79 Å². The van der Waals surface area contributed by atoms with Crippen molar-refractivity contribution in [1.29, 1.82) is 0 Å². The highest BCUT2D eigenvalue weighted by molar-refractivity contribution is 5.80. The standard InChI is InChI=1S/C24H36FN3O2/c1-3-5-6-7-8-9-10-11-23(29)28(4-2)27-16-14-19(15-17-27)24-21-13-12-20(25)18-22(21)30-26-24/h12-13,18-19H,3-11,14-17H2,1-2H3. The Morgan fingerprint density at radius 1 is 1.13 bits per heavy atom. The molecule has 0 spiro atoms. The van der Waals surface area contributed by atoms with Crippen LogP contribution >= 0.6 is 0 Å². The van der Waals surface area contributed by atoms with Gasteiger partial charge in [0, 0.05) is 43.4 Å². The second-order valence-electron chi connectivity index (χ2n) is 8.42. The van der Waals surface area contributed by atoms with E-state index in [9.17, 15) is 9.18 Å². The van der Waals surface area contributed by atoms with Crippen molar-refractivity contribution in [2.75, 3.05) is 19.6 Å². The third kappa shape index (κ3) is 5.81. The molecule has 0 aliphatic carbocycles. The minimum absolute atomic E-state index is 0.242. The molecular weight excluding hydrogens is 381 g/mol. The van der Waals surface area contributed by atoms with E-state index < -0.39 is 0 Å². The number of aromatic nitrogens is 1. The number of fused-ring (bicyclic) bond motifs is 1. The van der Waals surface area contributed by atoms with Gasteiger partial charge in [-0.2, -0.15) is 0 Å². The van der Waals surface area contributed by atoms with E-state index in [-0.39, 0.29) is 17.6 Å². The predicted octanol–water partition coefficient (Wildman–Crippen LogP) is 6.05. The number of hydrogen-bond acceptors (Lipinski definition) is 4. The molecule has 0 unspecified atom stereocenters. The van der Waals surface area contributed by atoms with E-state index in [4.69, 9.17) is 4.52 Å². The first kappa shape index (κ1) is 22.7. The fourth-order valence-electron chi connectivity index (χ4n) is 4.50. The lowest BCUT2D eigenvalue weighted by Gasteiger charge is -2.39. The number of hydrogen-bond donors (Lipinski definition) is 0. The third-order valence-corrected chi connectivity index (χ3v) is 6.24. The highest BCUT2D eigenvalue weighted by Gasteiger charge is 2.29. The van der Waals surface area contributed by atoms with Crippen LogP contribution in [0.25, 0.3) is 11.0 Å². The van der Waals surface area contributed by atoms with Crippen LogP contribution in [0, 0.1) is 5.82 Å². The summed E-state index contributed by atoms with van der Waals surface area (Å²) in [5.74, 6) is 0.217. The smallest absolute Gasteiger partial charge is 0.236 e. The van der Waals surface area contributed by atoms with Gasteiger partial charge in [-0.25, -0.2) is 9.40 Å². The Labute approximate surface area is 179 Å². The number of unbranched alkanes of at least 4 members (excludes halogenated alkanes) is 6. The number of amides is 1. The van der Waals surface area contributed by atoms with Crippen molar-refractivity contribution >= 4 is 16.9 Å². The van der Waals surface area contributed by atoms with Crippen molar-refractivity contribution < 1.29 is 13.7 Å². The van der Waals surface area contributed by atoms with Gasteiger partial charge >= 0.3 is 0 Å². The summed E-state index contributed by atoms with van der Waals surface area (Å²) in [7, 11) is 0. The molecule has 1 aromatic carbocycles. The number of hydrazine groups is 1. The Kier molecular flexibility index (Phi) is 8.67. The Bertz CT molecular complexity index is 799. The molecule has 1 aliphatic heterocycles. The summed E-state index contributed by atoms with van der Waals surface area (Å²) in [5, 5.41) is 9.25. The lowest BCUT2D eigenvalue weighted by molar-refractivity contribution is -0.151. The summed E-state index contributed by atoms with van der Waals surface area (Å²) in [6.07, 6.45) is 11.0. The maximum atomic E-state index is 13.4. The fraction of sp³-hybridized carbons (Fsp3) is 0.667. The Hall–Kier alpha value is -1.95. The molecule has 0 saturated carbocycles. The summed E-state index contributed by atoms with van der Waals surface area (Å²) >= 11 is 0. The van der Waals surface area contributed by atoms with Gasteiger partial charge in [-0.15, -0.1) is 0 Å². The molecule has 6 heteroatoms. The monoisotopic (exact) mass is 417 g/mol. The zero-order valence-electron chi connectivity index (χ0n) is 18.5. The molecule has 1 aliphatic rings. The van der Waals surface area contributed by atoms with Crippen LogP contribution in [-0.4, -0.2) is 40.7 Å². The molecule has 5 nitrogen and oxygen atoms in total. The second-order valence-corrected chi connectivity index (χ2v) is 8.42. The maximum absolute atomic E-state index is 13.4. The summed E-state index contributed by atoms with van der Waals surface area (Å²) in [5.41, 5.74) is 1.43. The Morgan fingerprint density at radius 3 is 2.53 bits per heavy atom. The minimum atomic E-state index is -0.307. The van der Waals surface area contributed by atoms with Crippen molar-refractivity contribution in [1.82, 2.24) is 15.2 Å². The lowest BCUT2D eigenvalue weighted by Crippen LogP contribution is -2.49. The summed E-state index contributed by atoms with van der Waals surface area (Å²) in [4.78, 5) is 12.7. The minimum Gasteiger partial charge on any atom is -0.356 e. The van der Waals surface area contributed by atoms with Crippen LogP contribution < -0.4 is 0 Å². The molecule has 1 aromatic heterocycles. The van der Waals surface area contributed by atoms with Gasteiger partial charge in [-0.05, 0) is 38.3 Å². The van der Waals surface area contributed by atoms with Crippen LogP contribution in [0.4, 0.5) is 4.39 Å². The number of nitrogens with zero attached hydrogens (tertiary/aromatic N) is 3. The predicted molar refractivity (Wildman–Crippen MR) is 118 cm³/mol. The van der Waals surface area contributed by atoms with Gasteiger partial charge in [0.25, 0.3) is 0 Å². The average molecular weight is 418 g/mol. The molecule has 1 amide bonds. The van der Waals surface area contributed by atoms with Crippen LogP contribution in [0.5, 0.6) is 0 Å². The molecule has 0 atom stereocenters. The van der Waals surface area contributed by atoms with Crippen LogP contribution in [0.1, 0.15) is 89.7 Å². The quantitative estimate of drug-likeness (QED) is 0.418. The van der Waals surface area contributed by atoms with Gasteiger partial charge in [0.1, 0.15) is 5.82 Å². The van der Waals surface area contributed by atoms with E-state index >= 15 is 0 Å². The third-order valence-electron chi connectivity index (χ3n) is 6.24. The van der Waals surface area contributed by atoms with Crippen molar-refractivity contribution in [3.8, 4) is 0 Å². The van der Waals surface area contributed by atoms with Gasteiger partial charge in [0.2, 0.25) is 5.91 Å².